The Bertz CT molecular complexity index is 1020. The predicted octanol–water partition coefficient (Wildman–Crippen LogP) is 3.00. The van der Waals surface area contributed by atoms with Gasteiger partial charge in [0.15, 0.2) is 0 Å². The second-order valence-electron chi connectivity index (χ2n) is 5.23. The lowest BCUT2D eigenvalue weighted by molar-refractivity contribution is -0.119. The fraction of sp³-hybridized carbons (Fsp3) is 0.0556. The van der Waals surface area contributed by atoms with Gasteiger partial charge in [-0.2, -0.15) is 0 Å². The van der Waals surface area contributed by atoms with Gasteiger partial charge in [0, 0.05) is 15.3 Å². The lowest BCUT2D eigenvalue weighted by Crippen LogP contribution is -2.43. The van der Waals surface area contributed by atoms with Crippen molar-refractivity contribution < 1.29 is 14.0 Å². The fourth-order valence-corrected chi connectivity index (χ4v) is 2.95. The van der Waals surface area contributed by atoms with Gasteiger partial charge in [0.25, 0.3) is 5.91 Å². The Morgan fingerprint density at radius 3 is 2.54 bits per heavy atom. The molecule has 2 amide bonds. The number of halogens is 1. The summed E-state index contributed by atoms with van der Waals surface area (Å²) in [5.41, 5.74) is 3.92. The van der Waals surface area contributed by atoms with Crippen LogP contribution in [0.2, 0.25) is 5.02 Å². The molecule has 3 aromatic rings. The molecule has 0 spiro atoms. The van der Waals surface area contributed by atoms with Crippen molar-refractivity contribution in [2.75, 3.05) is 5.75 Å². The zero-order chi connectivity index (χ0) is 18.5. The molecule has 0 unspecified atom stereocenters. The number of hydrogen-bond donors (Lipinski definition) is 2. The lowest BCUT2D eigenvalue weighted by atomic mass is 10.2. The smallest absolute Gasteiger partial charge is 0.349 e. The third kappa shape index (κ3) is 4.44. The maximum Gasteiger partial charge on any atom is 0.349 e. The van der Waals surface area contributed by atoms with Gasteiger partial charge in [-0.15, -0.1) is 11.8 Å². The molecule has 0 fully saturated rings. The summed E-state index contributed by atoms with van der Waals surface area (Å²) >= 11 is 7.08. The van der Waals surface area contributed by atoms with Gasteiger partial charge in [0.2, 0.25) is 5.91 Å². The molecule has 132 valence electrons. The van der Waals surface area contributed by atoms with Crippen LogP contribution in [-0.4, -0.2) is 17.6 Å². The van der Waals surface area contributed by atoms with Crippen LogP contribution >= 0.6 is 23.4 Å². The average Bonchev–Trinajstić information content (AvgIpc) is 2.65. The summed E-state index contributed by atoms with van der Waals surface area (Å²) in [6.45, 7) is 0. The van der Waals surface area contributed by atoms with Gasteiger partial charge in [0.05, 0.1) is 5.75 Å². The molecular weight excluding hydrogens is 376 g/mol. The van der Waals surface area contributed by atoms with Gasteiger partial charge in [-0.1, -0.05) is 29.8 Å². The summed E-state index contributed by atoms with van der Waals surface area (Å²) in [4.78, 5) is 36.7. The molecule has 2 aromatic carbocycles. The van der Waals surface area contributed by atoms with Crippen molar-refractivity contribution in [1.82, 2.24) is 10.9 Å². The number of thioether (sulfide) groups is 1. The molecule has 0 saturated carbocycles. The number of hydrazine groups is 1. The first-order chi connectivity index (χ1) is 12.5. The standard InChI is InChI=1S/C18H13ClN2O4S/c19-12-5-7-13(8-6-12)26-10-16(22)20-21-17(23)14-9-11-3-1-2-4-15(11)25-18(14)24/h1-9H,10H2,(H,20,22)(H,21,23). The molecule has 8 heteroatoms. The summed E-state index contributed by atoms with van der Waals surface area (Å²) < 4.78 is 5.09. The number of hydrogen-bond acceptors (Lipinski definition) is 5. The Labute approximate surface area is 157 Å². The Balaban J connectivity index is 1.58. The third-order valence-electron chi connectivity index (χ3n) is 3.39. The molecule has 0 radical (unpaired) electrons. The van der Waals surface area contributed by atoms with Crippen LogP contribution in [0.15, 0.2) is 68.7 Å². The summed E-state index contributed by atoms with van der Waals surface area (Å²) in [7, 11) is 0. The molecule has 1 heterocycles. The first-order valence-electron chi connectivity index (χ1n) is 7.53. The van der Waals surface area contributed by atoms with Crippen molar-refractivity contribution in [2.24, 2.45) is 0 Å². The normalized spacial score (nSPS) is 10.5. The van der Waals surface area contributed by atoms with Crippen LogP contribution in [0.1, 0.15) is 10.4 Å². The van der Waals surface area contributed by atoms with E-state index < -0.39 is 17.4 Å². The molecule has 0 saturated heterocycles. The minimum absolute atomic E-state index is 0.0915. The Morgan fingerprint density at radius 1 is 1.04 bits per heavy atom. The largest absolute Gasteiger partial charge is 0.422 e. The van der Waals surface area contributed by atoms with Crippen molar-refractivity contribution in [1.29, 1.82) is 0 Å². The van der Waals surface area contributed by atoms with Crippen LogP contribution in [0.3, 0.4) is 0 Å². The number of carbonyl (C=O) groups is 2. The lowest BCUT2D eigenvalue weighted by Gasteiger charge is -2.07. The van der Waals surface area contributed by atoms with E-state index >= 15 is 0 Å². The maximum absolute atomic E-state index is 12.1. The summed E-state index contributed by atoms with van der Waals surface area (Å²) in [5, 5.41) is 1.22. The van der Waals surface area contributed by atoms with Gasteiger partial charge in [-0.25, -0.2) is 4.79 Å². The molecule has 0 aliphatic carbocycles. The number of rotatable bonds is 4. The Hall–Kier alpha value is -2.77. The molecule has 0 aliphatic rings. The first kappa shape index (κ1) is 18.0. The van der Waals surface area contributed by atoms with Gasteiger partial charge < -0.3 is 4.42 Å². The van der Waals surface area contributed by atoms with E-state index in [-0.39, 0.29) is 11.3 Å². The maximum atomic E-state index is 12.1. The second-order valence-corrected chi connectivity index (χ2v) is 6.72. The van der Waals surface area contributed by atoms with Crippen molar-refractivity contribution in [3.05, 3.63) is 75.6 Å². The highest BCUT2D eigenvalue weighted by Gasteiger charge is 2.14. The molecule has 0 atom stereocenters. The molecule has 1 aromatic heterocycles. The van der Waals surface area contributed by atoms with E-state index in [1.54, 1.807) is 48.5 Å². The summed E-state index contributed by atoms with van der Waals surface area (Å²) in [6.07, 6.45) is 0. The van der Waals surface area contributed by atoms with Crippen LogP contribution in [0, 0.1) is 0 Å². The van der Waals surface area contributed by atoms with Crippen LogP contribution < -0.4 is 16.5 Å². The monoisotopic (exact) mass is 388 g/mol. The van der Waals surface area contributed by atoms with Crippen molar-refractivity contribution in [3.63, 3.8) is 0 Å². The molecule has 26 heavy (non-hydrogen) atoms. The molecule has 3 rings (SSSR count). The van der Waals surface area contributed by atoms with Crippen LogP contribution in [0.25, 0.3) is 11.0 Å². The highest BCUT2D eigenvalue weighted by molar-refractivity contribution is 8.00. The van der Waals surface area contributed by atoms with Gasteiger partial charge in [-0.05, 0) is 36.4 Å². The summed E-state index contributed by atoms with van der Waals surface area (Å²) in [6, 6.07) is 15.3. The fourth-order valence-electron chi connectivity index (χ4n) is 2.13. The number of carbonyl (C=O) groups excluding carboxylic acids is 2. The Morgan fingerprint density at radius 2 is 1.77 bits per heavy atom. The van der Waals surface area contributed by atoms with Crippen LogP contribution in [0.4, 0.5) is 0 Å². The molecule has 2 N–H and O–H groups in total. The summed E-state index contributed by atoms with van der Waals surface area (Å²) in [5.74, 6) is -1.06. The van der Waals surface area contributed by atoms with Crippen LogP contribution in [0.5, 0.6) is 0 Å². The van der Waals surface area contributed by atoms with E-state index in [2.05, 4.69) is 10.9 Å². The van der Waals surface area contributed by atoms with E-state index in [1.807, 2.05) is 0 Å². The zero-order valence-corrected chi connectivity index (χ0v) is 14.9. The molecule has 0 aliphatic heterocycles. The van der Waals surface area contributed by atoms with E-state index in [0.29, 0.717) is 16.0 Å². The number of para-hydroxylation sites is 1. The number of nitrogens with one attached hydrogen (secondary N) is 2. The second kappa shape index (κ2) is 8.07. The minimum Gasteiger partial charge on any atom is -0.422 e. The van der Waals surface area contributed by atoms with Crippen molar-refractivity contribution in [3.8, 4) is 0 Å². The van der Waals surface area contributed by atoms with E-state index in [1.165, 1.54) is 17.8 Å². The van der Waals surface area contributed by atoms with Gasteiger partial charge >= 0.3 is 5.63 Å². The molecular formula is C18H13ClN2O4S. The highest BCUT2D eigenvalue weighted by Crippen LogP contribution is 2.19. The SMILES string of the molecule is O=C(CSc1ccc(Cl)cc1)NNC(=O)c1cc2ccccc2oc1=O. The highest BCUT2D eigenvalue weighted by atomic mass is 35.5. The number of benzene rings is 2. The third-order valence-corrected chi connectivity index (χ3v) is 4.65. The molecule has 0 bridgehead atoms. The van der Waals surface area contributed by atoms with E-state index in [9.17, 15) is 14.4 Å². The van der Waals surface area contributed by atoms with Gasteiger partial charge in [-0.3, -0.25) is 20.4 Å². The van der Waals surface area contributed by atoms with E-state index in [4.69, 9.17) is 16.0 Å². The number of amides is 2. The molecule has 6 nitrogen and oxygen atoms in total. The van der Waals surface area contributed by atoms with Crippen molar-refractivity contribution in [2.45, 2.75) is 4.90 Å². The minimum atomic E-state index is -0.772. The van der Waals surface area contributed by atoms with Crippen LogP contribution in [-0.2, 0) is 4.79 Å². The van der Waals surface area contributed by atoms with Gasteiger partial charge in [0.1, 0.15) is 11.1 Å². The quantitative estimate of drug-likeness (QED) is 0.407. The predicted molar refractivity (Wildman–Crippen MR) is 100 cm³/mol. The van der Waals surface area contributed by atoms with E-state index in [0.717, 1.165) is 4.90 Å². The Kier molecular flexibility index (Phi) is 5.60. The zero-order valence-electron chi connectivity index (χ0n) is 13.3. The number of fused-ring (bicyclic) bond motifs is 1. The average molecular weight is 389 g/mol. The topological polar surface area (TPSA) is 88.4 Å². The first-order valence-corrected chi connectivity index (χ1v) is 8.90. The van der Waals surface area contributed by atoms with Crippen molar-refractivity contribution >= 4 is 46.1 Å².